The maximum Gasteiger partial charge on any atom is 0.210 e. The van der Waals surface area contributed by atoms with E-state index in [1.165, 1.54) is 11.3 Å². The van der Waals surface area contributed by atoms with Crippen LogP contribution >= 0.6 is 22.9 Å². The molecule has 0 N–H and O–H groups in total. The second-order valence-corrected chi connectivity index (χ2v) is 5.89. The summed E-state index contributed by atoms with van der Waals surface area (Å²) in [7, 11) is 0. The van der Waals surface area contributed by atoms with E-state index in [4.69, 9.17) is 16.3 Å². The number of ketones is 1. The summed E-state index contributed by atoms with van der Waals surface area (Å²) in [6.45, 7) is -0.00478. The van der Waals surface area contributed by atoms with Crippen molar-refractivity contribution >= 4 is 39.6 Å². The van der Waals surface area contributed by atoms with Crippen molar-refractivity contribution in [2.24, 2.45) is 0 Å². The van der Waals surface area contributed by atoms with E-state index in [2.05, 4.69) is 4.98 Å². The van der Waals surface area contributed by atoms with E-state index in [1.807, 2.05) is 30.3 Å². The van der Waals surface area contributed by atoms with Crippen LogP contribution in [0.5, 0.6) is 5.75 Å². The van der Waals surface area contributed by atoms with Crippen LogP contribution in [-0.4, -0.2) is 17.4 Å². The molecule has 0 saturated carbocycles. The molecule has 20 heavy (non-hydrogen) atoms. The number of Topliss-reactive ketones (excluding diaryl/α,β-unsaturated/α-hetero) is 1. The van der Waals surface area contributed by atoms with Crippen molar-refractivity contribution in [1.82, 2.24) is 4.98 Å². The Kier molecular flexibility index (Phi) is 3.67. The van der Waals surface area contributed by atoms with Crippen LogP contribution in [0.1, 0.15) is 9.67 Å². The molecule has 3 nitrogen and oxygen atoms in total. The van der Waals surface area contributed by atoms with Crippen LogP contribution in [0, 0.1) is 0 Å². The summed E-state index contributed by atoms with van der Waals surface area (Å²) in [5, 5.41) is 1.04. The van der Waals surface area contributed by atoms with Gasteiger partial charge in [0.15, 0.2) is 6.61 Å². The molecule has 0 radical (unpaired) electrons. The van der Waals surface area contributed by atoms with Crippen molar-refractivity contribution in [1.29, 1.82) is 0 Å². The first-order valence-electron chi connectivity index (χ1n) is 5.98. The number of pyridine rings is 1. The van der Waals surface area contributed by atoms with Crippen molar-refractivity contribution in [2.45, 2.75) is 0 Å². The lowest BCUT2D eigenvalue weighted by molar-refractivity contribution is 0.0925. The topological polar surface area (TPSA) is 39.2 Å². The summed E-state index contributed by atoms with van der Waals surface area (Å²) >= 11 is 7.06. The monoisotopic (exact) mass is 303 g/mol. The van der Waals surface area contributed by atoms with E-state index in [-0.39, 0.29) is 12.4 Å². The van der Waals surface area contributed by atoms with Gasteiger partial charge in [-0.25, -0.2) is 0 Å². The normalized spacial score (nSPS) is 10.7. The number of aromatic nitrogens is 1. The summed E-state index contributed by atoms with van der Waals surface area (Å²) in [5.41, 5.74) is 0.844. The number of hydrogen-bond donors (Lipinski definition) is 0. The van der Waals surface area contributed by atoms with Gasteiger partial charge in [-0.2, -0.15) is 0 Å². The maximum absolute atomic E-state index is 11.9. The summed E-state index contributed by atoms with van der Waals surface area (Å²) in [4.78, 5) is 16.8. The van der Waals surface area contributed by atoms with Crippen molar-refractivity contribution < 1.29 is 9.53 Å². The molecule has 0 aliphatic carbocycles. The minimum atomic E-state index is -0.0805. The summed E-state index contributed by atoms with van der Waals surface area (Å²) < 4.78 is 6.11. The van der Waals surface area contributed by atoms with Gasteiger partial charge in [-0.15, -0.1) is 11.3 Å². The van der Waals surface area contributed by atoms with Gasteiger partial charge in [-0.3, -0.25) is 9.78 Å². The quantitative estimate of drug-likeness (QED) is 0.678. The number of carbonyl (C=O) groups is 1. The number of halogens is 1. The predicted molar refractivity (Wildman–Crippen MR) is 80.9 cm³/mol. The van der Waals surface area contributed by atoms with Crippen LogP contribution in [0.25, 0.3) is 10.9 Å². The van der Waals surface area contributed by atoms with Crippen LogP contribution in [0.3, 0.4) is 0 Å². The van der Waals surface area contributed by atoms with Gasteiger partial charge in [0.05, 0.1) is 14.7 Å². The molecular formula is C15H10ClNO2S. The zero-order chi connectivity index (χ0) is 13.9. The molecule has 0 unspecified atom stereocenters. The predicted octanol–water partition coefficient (Wildman–Crippen LogP) is 4.21. The van der Waals surface area contributed by atoms with Crippen LogP contribution in [-0.2, 0) is 0 Å². The number of rotatable bonds is 4. The third-order valence-corrected chi connectivity index (χ3v) is 4.07. The van der Waals surface area contributed by atoms with Gasteiger partial charge in [-0.1, -0.05) is 17.7 Å². The van der Waals surface area contributed by atoms with Gasteiger partial charge >= 0.3 is 0 Å². The molecule has 5 heteroatoms. The number of thiophene rings is 1. The number of nitrogens with zero attached hydrogens (tertiary/aromatic N) is 1. The van der Waals surface area contributed by atoms with Gasteiger partial charge < -0.3 is 4.74 Å². The average Bonchev–Trinajstić information content (AvgIpc) is 2.91. The smallest absolute Gasteiger partial charge is 0.210 e. The van der Waals surface area contributed by atoms with E-state index in [0.717, 1.165) is 10.9 Å². The van der Waals surface area contributed by atoms with Crippen LogP contribution in [0.4, 0.5) is 0 Å². The highest BCUT2D eigenvalue weighted by molar-refractivity contribution is 7.18. The van der Waals surface area contributed by atoms with E-state index < -0.39 is 0 Å². The minimum absolute atomic E-state index is 0.00478. The lowest BCUT2D eigenvalue weighted by Crippen LogP contribution is -2.09. The fraction of sp³-hybridized carbons (Fsp3) is 0.0667. The molecule has 0 amide bonds. The number of ether oxygens (including phenoxy) is 1. The average molecular weight is 304 g/mol. The highest BCUT2D eigenvalue weighted by Gasteiger charge is 2.09. The van der Waals surface area contributed by atoms with Crippen molar-refractivity contribution in [3.8, 4) is 5.75 Å². The molecular weight excluding hydrogens is 294 g/mol. The van der Waals surface area contributed by atoms with E-state index >= 15 is 0 Å². The molecule has 0 aliphatic heterocycles. The second-order valence-electron chi connectivity index (χ2n) is 4.17. The molecule has 0 fully saturated rings. The molecule has 100 valence electrons. The number of benzene rings is 1. The van der Waals surface area contributed by atoms with Crippen LogP contribution in [0.15, 0.2) is 48.7 Å². The van der Waals surface area contributed by atoms with Crippen LogP contribution in [0.2, 0.25) is 4.34 Å². The Balaban J connectivity index is 1.72. The third-order valence-electron chi connectivity index (χ3n) is 2.80. The summed E-state index contributed by atoms with van der Waals surface area (Å²) in [6.07, 6.45) is 1.73. The molecule has 3 rings (SSSR count). The Morgan fingerprint density at radius 3 is 2.95 bits per heavy atom. The molecule has 0 bridgehead atoms. The van der Waals surface area contributed by atoms with Gasteiger partial charge in [0.1, 0.15) is 5.75 Å². The Bertz CT molecular complexity index is 769. The molecule has 3 aromatic rings. The highest BCUT2D eigenvalue weighted by atomic mass is 35.5. The molecule has 2 aromatic heterocycles. The summed E-state index contributed by atoms with van der Waals surface area (Å²) in [5.74, 6) is 0.551. The number of carbonyl (C=O) groups excluding carboxylic acids is 1. The van der Waals surface area contributed by atoms with E-state index in [1.54, 1.807) is 18.3 Å². The SMILES string of the molecule is O=C(COc1ccc2cccnc2c1)c1ccc(Cl)s1. The lowest BCUT2D eigenvalue weighted by Gasteiger charge is -2.05. The lowest BCUT2D eigenvalue weighted by atomic mass is 10.2. The zero-order valence-electron chi connectivity index (χ0n) is 10.4. The zero-order valence-corrected chi connectivity index (χ0v) is 11.9. The largest absolute Gasteiger partial charge is 0.485 e. The molecule has 0 spiro atoms. The van der Waals surface area contributed by atoms with Crippen molar-refractivity contribution in [3.05, 3.63) is 57.9 Å². The number of hydrogen-bond acceptors (Lipinski definition) is 4. The maximum atomic E-state index is 11.9. The van der Waals surface area contributed by atoms with Gasteiger partial charge in [0.2, 0.25) is 5.78 Å². The molecule has 0 atom stereocenters. The second kappa shape index (κ2) is 5.61. The van der Waals surface area contributed by atoms with Gasteiger partial charge in [0, 0.05) is 17.6 Å². The van der Waals surface area contributed by atoms with Crippen molar-refractivity contribution in [3.63, 3.8) is 0 Å². The standard InChI is InChI=1S/C15H10ClNO2S/c16-15-6-5-14(20-15)13(18)9-19-11-4-3-10-2-1-7-17-12(10)8-11/h1-8H,9H2. The Labute approximate surface area is 124 Å². The van der Waals surface area contributed by atoms with Crippen molar-refractivity contribution in [2.75, 3.05) is 6.61 Å². The molecule has 1 aromatic carbocycles. The first-order chi connectivity index (χ1) is 9.72. The fourth-order valence-corrected chi connectivity index (χ4v) is 2.79. The highest BCUT2D eigenvalue weighted by Crippen LogP contribution is 2.23. The molecule has 0 aliphatic rings. The fourth-order valence-electron chi connectivity index (χ4n) is 1.82. The number of fused-ring (bicyclic) bond motifs is 1. The Morgan fingerprint density at radius 1 is 1.25 bits per heavy atom. The molecule has 2 heterocycles. The minimum Gasteiger partial charge on any atom is -0.485 e. The summed E-state index contributed by atoms with van der Waals surface area (Å²) in [6, 6.07) is 12.9. The van der Waals surface area contributed by atoms with Gasteiger partial charge in [-0.05, 0) is 30.3 Å². The van der Waals surface area contributed by atoms with Gasteiger partial charge in [0.25, 0.3) is 0 Å². The third kappa shape index (κ3) is 2.81. The Hall–Kier alpha value is -1.91. The Morgan fingerprint density at radius 2 is 2.15 bits per heavy atom. The van der Waals surface area contributed by atoms with Crippen LogP contribution < -0.4 is 4.74 Å². The van der Waals surface area contributed by atoms with E-state index in [0.29, 0.717) is 15.0 Å². The first-order valence-corrected chi connectivity index (χ1v) is 7.18. The molecule has 0 saturated heterocycles. The van der Waals surface area contributed by atoms with E-state index in [9.17, 15) is 4.79 Å². The first kappa shape index (κ1) is 13.1.